The summed E-state index contributed by atoms with van der Waals surface area (Å²) >= 11 is 1.60. The summed E-state index contributed by atoms with van der Waals surface area (Å²) in [5.41, 5.74) is 0.226. The molecular formula is C16H15NO2S. The molecule has 0 N–H and O–H groups in total. The van der Waals surface area contributed by atoms with Crippen LogP contribution in [0.25, 0.3) is 10.2 Å². The number of carbonyl (C=O) groups is 1. The molecular weight excluding hydrogens is 270 g/mol. The van der Waals surface area contributed by atoms with E-state index in [0.717, 1.165) is 15.2 Å². The largest absolute Gasteiger partial charge is 0.357 e. The van der Waals surface area contributed by atoms with Gasteiger partial charge in [-0.05, 0) is 50.3 Å². The van der Waals surface area contributed by atoms with Crippen molar-refractivity contribution in [3.8, 4) is 0 Å². The van der Waals surface area contributed by atoms with Crippen LogP contribution < -0.4 is 0 Å². The van der Waals surface area contributed by atoms with Crippen LogP contribution in [0.4, 0.5) is 0 Å². The summed E-state index contributed by atoms with van der Waals surface area (Å²) in [7, 11) is 0. The standard InChI is InChI=1S/C16H15NO2S/c1-11(2)19-16(9-7-12(18)8-10-16)15-17-13-5-3-4-6-14(13)20-15/h3-11H,1-2H3. The Morgan fingerprint density at radius 2 is 1.90 bits per heavy atom. The molecule has 102 valence electrons. The van der Waals surface area contributed by atoms with Gasteiger partial charge >= 0.3 is 0 Å². The Kier molecular flexibility index (Phi) is 3.28. The molecule has 3 rings (SSSR count). The van der Waals surface area contributed by atoms with Gasteiger partial charge in [0.2, 0.25) is 0 Å². The van der Waals surface area contributed by atoms with Gasteiger partial charge in [-0.15, -0.1) is 11.3 Å². The summed E-state index contributed by atoms with van der Waals surface area (Å²) in [5, 5.41) is 0.854. The average Bonchev–Trinajstić information content (AvgIpc) is 2.85. The molecule has 1 aliphatic rings. The molecule has 1 aromatic carbocycles. The molecule has 0 saturated carbocycles. The molecule has 3 nitrogen and oxygen atoms in total. The van der Waals surface area contributed by atoms with Gasteiger partial charge in [-0.1, -0.05) is 12.1 Å². The SMILES string of the molecule is CC(C)OC1(c2nc3ccccc3s2)C=CC(=O)C=C1. The lowest BCUT2D eigenvalue weighted by atomic mass is 9.97. The third kappa shape index (κ3) is 2.32. The summed E-state index contributed by atoms with van der Waals surface area (Å²) in [5.74, 6) is -0.0194. The normalized spacial score (nSPS) is 17.2. The van der Waals surface area contributed by atoms with Gasteiger partial charge in [-0.2, -0.15) is 0 Å². The predicted molar refractivity (Wildman–Crippen MR) is 80.8 cm³/mol. The fourth-order valence-corrected chi connectivity index (χ4v) is 3.28. The van der Waals surface area contributed by atoms with Crippen molar-refractivity contribution in [3.05, 3.63) is 53.6 Å². The van der Waals surface area contributed by atoms with Crippen LogP contribution in [0.15, 0.2) is 48.6 Å². The number of nitrogens with zero attached hydrogens (tertiary/aromatic N) is 1. The number of carbonyl (C=O) groups excluding carboxylic acids is 1. The Hall–Kier alpha value is -1.78. The zero-order valence-electron chi connectivity index (χ0n) is 11.4. The van der Waals surface area contributed by atoms with E-state index in [1.54, 1.807) is 35.6 Å². The molecule has 20 heavy (non-hydrogen) atoms. The van der Waals surface area contributed by atoms with Crippen LogP contribution in [0.1, 0.15) is 18.9 Å². The first kappa shape index (κ1) is 13.2. The van der Waals surface area contributed by atoms with Gasteiger partial charge in [-0.3, -0.25) is 4.79 Å². The van der Waals surface area contributed by atoms with Gasteiger partial charge in [-0.25, -0.2) is 4.98 Å². The van der Waals surface area contributed by atoms with E-state index in [1.807, 2.05) is 38.1 Å². The molecule has 0 aliphatic heterocycles. The minimum Gasteiger partial charge on any atom is -0.357 e. The number of ketones is 1. The molecule has 1 heterocycles. The van der Waals surface area contributed by atoms with E-state index in [0.29, 0.717) is 0 Å². The maximum Gasteiger partial charge on any atom is 0.178 e. The van der Waals surface area contributed by atoms with Crippen LogP contribution >= 0.6 is 11.3 Å². The number of fused-ring (bicyclic) bond motifs is 1. The van der Waals surface area contributed by atoms with Crippen LogP contribution in [-0.4, -0.2) is 16.9 Å². The molecule has 0 amide bonds. The first-order valence-electron chi connectivity index (χ1n) is 6.55. The van der Waals surface area contributed by atoms with Gasteiger partial charge in [0.25, 0.3) is 0 Å². The minimum atomic E-state index is -0.730. The third-order valence-electron chi connectivity index (χ3n) is 3.05. The van der Waals surface area contributed by atoms with Crippen molar-refractivity contribution in [2.75, 3.05) is 0 Å². The monoisotopic (exact) mass is 285 g/mol. The third-order valence-corrected chi connectivity index (χ3v) is 4.22. The molecule has 0 fully saturated rings. The Bertz CT molecular complexity index is 663. The predicted octanol–water partition coefficient (Wildman–Crippen LogP) is 3.61. The topological polar surface area (TPSA) is 39.2 Å². The quantitative estimate of drug-likeness (QED) is 0.864. The number of para-hydroxylation sites is 1. The fourth-order valence-electron chi connectivity index (χ4n) is 2.22. The average molecular weight is 285 g/mol. The van der Waals surface area contributed by atoms with Crippen LogP contribution in [0.3, 0.4) is 0 Å². The summed E-state index contributed by atoms with van der Waals surface area (Å²) < 4.78 is 7.18. The van der Waals surface area contributed by atoms with Gasteiger partial charge in [0, 0.05) is 0 Å². The van der Waals surface area contributed by atoms with E-state index in [-0.39, 0.29) is 11.9 Å². The van der Waals surface area contributed by atoms with Gasteiger partial charge in [0.15, 0.2) is 11.4 Å². The second-order valence-electron chi connectivity index (χ2n) is 5.02. The Labute approximate surface area is 121 Å². The maximum atomic E-state index is 11.4. The molecule has 1 aromatic heterocycles. The summed E-state index contributed by atoms with van der Waals surface area (Å²) in [6.07, 6.45) is 6.73. The Balaban J connectivity index is 2.12. The maximum absolute atomic E-state index is 11.4. The van der Waals surface area contributed by atoms with Gasteiger partial charge in [0.1, 0.15) is 5.01 Å². The highest BCUT2D eigenvalue weighted by atomic mass is 32.1. The molecule has 0 unspecified atom stereocenters. The van der Waals surface area contributed by atoms with E-state index < -0.39 is 5.60 Å². The second kappa shape index (κ2) is 4.96. The smallest absolute Gasteiger partial charge is 0.178 e. The molecule has 0 spiro atoms. The van der Waals surface area contributed by atoms with E-state index in [1.165, 1.54) is 0 Å². The van der Waals surface area contributed by atoms with Crippen LogP contribution in [0, 0.1) is 0 Å². The number of ether oxygens (including phenoxy) is 1. The summed E-state index contributed by atoms with van der Waals surface area (Å²) in [6.45, 7) is 3.96. The number of rotatable bonds is 3. The fraction of sp³-hybridized carbons (Fsp3) is 0.250. The van der Waals surface area contributed by atoms with Crippen molar-refractivity contribution in [1.82, 2.24) is 4.98 Å². The molecule has 0 radical (unpaired) electrons. The molecule has 0 atom stereocenters. The van der Waals surface area contributed by atoms with Gasteiger partial charge < -0.3 is 4.74 Å². The van der Waals surface area contributed by atoms with Crippen LogP contribution in [-0.2, 0) is 15.1 Å². The summed E-state index contributed by atoms with van der Waals surface area (Å²) in [4.78, 5) is 16.1. The lowest BCUT2D eigenvalue weighted by Gasteiger charge is -2.29. The lowest BCUT2D eigenvalue weighted by Crippen LogP contribution is -2.30. The second-order valence-corrected chi connectivity index (χ2v) is 6.05. The van der Waals surface area contributed by atoms with E-state index in [9.17, 15) is 4.79 Å². The van der Waals surface area contributed by atoms with Gasteiger partial charge in [0.05, 0.1) is 16.3 Å². The Morgan fingerprint density at radius 3 is 2.55 bits per heavy atom. The van der Waals surface area contributed by atoms with Crippen molar-refractivity contribution < 1.29 is 9.53 Å². The summed E-state index contributed by atoms with van der Waals surface area (Å²) in [6, 6.07) is 8.00. The van der Waals surface area contributed by atoms with Crippen LogP contribution in [0.5, 0.6) is 0 Å². The van der Waals surface area contributed by atoms with E-state index >= 15 is 0 Å². The number of hydrogen-bond donors (Lipinski definition) is 0. The van der Waals surface area contributed by atoms with Crippen molar-refractivity contribution in [2.45, 2.75) is 25.6 Å². The lowest BCUT2D eigenvalue weighted by molar-refractivity contribution is -0.111. The van der Waals surface area contributed by atoms with Crippen molar-refractivity contribution in [3.63, 3.8) is 0 Å². The zero-order valence-corrected chi connectivity index (χ0v) is 12.2. The Morgan fingerprint density at radius 1 is 1.20 bits per heavy atom. The van der Waals surface area contributed by atoms with Crippen molar-refractivity contribution >= 4 is 27.3 Å². The molecule has 2 aromatic rings. The highest BCUT2D eigenvalue weighted by Gasteiger charge is 2.34. The zero-order chi connectivity index (χ0) is 14.2. The first-order chi connectivity index (χ1) is 9.59. The highest BCUT2D eigenvalue weighted by Crippen LogP contribution is 2.37. The minimum absolute atomic E-state index is 0.0194. The van der Waals surface area contributed by atoms with Crippen molar-refractivity contribution in [1.29, 1.82) is 0 Å². The number of aromatic nitrogens is 1. The highest BCUT2D eigenvalue weighted by molar-refractivity contribution is 7.18. The molecule has 0 saturated heterocycles. The number of thiazole rings is 1. The molecule has 4 heteroatoms. The number of hydrogen-bond acceptors (Lipinski definition) is 4. The van der Waals surface area contributed by atoms with E-state index in [2.05, 4.69) is 4.98 Å². The number of allylic oxidation sites excluding steroid dienone is 2. The molecule has 1 aliphatic carbocycles. The van der Waals surface area contributed by atoms with E-state index in [4.69, 9.17) is 4.74 Å². The molecule has 0 bridgehead atoms. The first-order valence-corrected chi connectivity index (χ1v) is 7.37. The van der Waals surface area contributed by atoms with Crippen LogP contribution in [0.2, 0.25) is 0 Å². The number of benzene rings is 1. The van der Waals surface area contributed by atoms with Crippen molar-refractivity contribution in [2.24, 2.45) is 0 Å².